The normalized spacial score (nSPS) is 12.0. The molecule has 0 radical (unpaired) electrons. The van der Waals surface area contributed by atoms with Crippen molar-refractivity contribution in [2.45, 2.75) is 6.92 Å². The molecule has 3 heterocycles. The predicted octanol–water partition coefficient (Wildman–Crippen LogP) is 4.56. The topological polar surface area (TPSA) is 34.4 Å². The fourth-order valence-electron chi connectivity index (χ4n) is 2.04. The van der Waals surface area contributed by atoms with Crippen LogP contribution in [0.15, 0.2) is 45.0 Å². The van der Waals surface area contributed by atoms with Crippen LogP contribution in [-0.4, -0.2) is 9.38 Å². The summed E-state index contributed by atoms with van der Waals surface area (Å²) in [7, 11) is 0. The van der Waals surface area contributed by atoms with E-state index in [9.17, 15) is 4.79 Å². The summed E-state index contributed by atoms with van der Waals surface area (Å²) in [6, 6.07) is 10.9. The van der Waals surface area contributed by atoms with Gasteiger partial charge in [-0.1, -0.05) is 17.7 Å². The van der Waals surface area contributed by atoms with Crippen LogP contribution in [0.4, 0.5) is 0 Å². The van der Waals surface area contributed by atoms with Gasteiger partial charge in [0.1, 0.15) is 5.65 Å². The number of halogens is 2. The van der Waals surface area contributed by atoms with Gasteiger partial charge < -0.3 is 0 Å². The zero-order valence-electron chi connectivity index (χ0n) is 11.0. The quantitative estimate of drug-likeness (QED) is 0.652. The van der Waals surface area contributed by atoms with E-state index in [1.807, 2.05) is 37.3 Å². The van der Waals surface area contributed by atoms with Crippen LogP contribution in [-0.2, 0) is 0 Å². The number of hydrogen-bond acceptors (Lipinski definition) is 3. The predicted molar refractivity (Wildman–Crippen MR) is 91.9 cm³/mol. The zero-order valence-corrected chi connectivity index (χ0v) is 14.2. The highest BCUT2D eigenvalue weighted by atomic mass is 79.9. The second-order valence-electron chi connectivity index (χ2n) is 4.47. The van der Waals surface area contributed by atoms with Gasteiger partial charge >= 0.3 is 0 Å². The SMILES string of the molecule is Cc1cccc2nc(/C(Cl)=C/c3ccc(Br)s3)cc(=O)n12. The van der Waals surface area contributed by atoms with E-state index in [-0.39, 0.29) is 5.56 Å². The lowest BCUT2D eigenvalue weighted by Gasteiger charge is -2.05. The second kappa shape index (κ2) is 5.75. The molecule has 106 valence electrons. The molecule has 3 aromatic rings. The van der Waals surface area contributed by atoms with Crippen LogP contribution >= 0.6 is 38.9 Å². The number of hydrogen-bond donors (Lipinski definition) is 0. The molecule has 0 amide bonds. The third kappa shape index (κ3) is 2.95. The van der Waals surface area contributed by atoms with E-state index in [4.69, 9.17) is 11.6 Å². The van der Waals surface area contributed by atoms with Gasteiger partial charge in [0.15, 0.2) is 0 Å². The van der Waals surface area contributed by atoms with Gasteiger partial charge in [0.2, 0.25) is 0 Å². The first-order valence-corrected chi connectivity index (χ1v) is 8.16. The molecule has 0 aromatic carbocycles. The lowest BCUT2D eigenvalue weighted by molar-refractivity contribution is 0.986. The Balaban J connectivity index is 2.13. The van der Waals surface area contributed by atoms with Gasteiger partial charge in [0.25, 0.3) is 5.56 Å². The maximum atomic E-state index is 12.2. The standard InChI is InChI=1S/C15H10BrClN2OS/c1-9-3-2-4-14-18-12(8-15(20)19(9)14)11(17)7-10-5-6-13(16)21-10/h2-8H,1H3/b11-7-. The van der Waals surface area contributed by atoms with Crippen LogP contribution < -0.4 is 5.56 Å². The molecule has 0 aliphatic heterocycles. The fourth-order valence-corrected chi connectivity index (χ4v) is 3.69. The van der Waals surface area contributed by atoms with E-state index >= 15 is 0 Å². The number of pyridine rings is 1. The van der Waals surface area contributed by atoms with Gasteiger partial charge in [0, 0.05) is 16.6 Å². The van der Waals surface area contributed by atoms with Gasteiger partial charge in [-0.3, -0.25) is 9.20 Å². The minimum absolute atomic E-state index is 0.132. The molecule has 0 unspecified atom stereocenters. The summed E-state index contributed by atoms with van der Waals surface area (Å²) < 4.78 is 2.59. The number of fused-ring (bicyclic) bond motifs is 1. The van der Waals surface area contributed by atoms with E-state index in [2.05, 4.69) is 20.9 Å². The lowest BCUT2D eigenvalue weighted by Crippen LogP contribution is -2.16. The first-order valence-electron chi connectivity index (χ1n) is 6.17. The molecule has 3 nitrogen and oxygen atoms in total. The van der Waals surface area contributed by atoms with Crippen molar-refractivity contribution >= 4 is 55.6 Å². The fraction of sp³-hybridized carbons (Fsp3) is 0.0667. The van der Waals surface area contributed by atoms with Gasteiger partial charge in [-0.15, -0.1) is 11.3 Å². The summed E-state index contributed by atoms with van der Waals surface area (Å²) in [6.45, 7) is 1.87. The number of aromatic nitrogens is 2. The third-order valence-corrected chi connectivity index (χ3v) is 4.86. The monoisotopic (exact) mass is 380 g/mol. The minimum atomic E-state index is -0.132. The van der Waals surface area contributed by atoms with Gasteiger partial charge in [-0.05, 0) is 53.2 Å². The van der Waals surface area contributed by atoms with E-state index in [1.54, 1.807) is 21.8 Å². The number of rotatable bonds is 2. The summed E-state index contributed by atoms with van der Waals surface area (Å²) in [6.07, 6.45) is 1.81. The lowest BCUT2D eigenvalue weighted by atomic mass is 10.3. The van der Waals surface area contributed by atoms with Gasteiger partial charge in [-0.2, -0.15) is 0 Å². The van der Waals surface area contributed by atoms with E-state index in [1.165, 1.54) is 6.07 Å². The number of aryl methyl sites for hydroxylation is 1. The molecule has 0 aliphatic rings. The Morgan fingerprint density at radius 3 is 2.90 bits per heavy atom. The maximum absolute atomic E-state index is 12.2. The van der Waals surface area contributed by atoms with Crippen molar-refractivity contribution in [1.82, 2.24) is 9.38 Å². The Hall–Kier alpha value is -1.43. The molecule has 3 rings (SSSR count). The zero-order chi connectivity index (χ0) is 15.0. The Morgan fingerprint density at radius 2 is 2.19 bits per heavy atom. The molecule has 3 aromatic heterocycles. The molecule has 0 aliphatic carbocycles. The van der Waals surface area contributed by atoms with Crippen molar-refractivity contribution in [3.63, 3.8) is 0 Å². The highest BCUT2D eigenvalue weighted by molar-refractivity contribution is 9.11. The second-order valence-corrected chi connectivity index (χ2v) is 7.38. The van der Waals surface area contributed by atoms with Crippen molar-refractivity contribution in [3.8, 4) is 0 Å². The van der Waals surface area contributed by atoms with Crippen molar-refractivity contribution in [3.05, 3.63) is 66.8 Å². The van der Waals surface area contributed by atoms with Crippen LogP contribution in [0.25, 0.3) is 16.8 Å². The molecule has 0 atom stereocenters. The van der Waals surface area contributed by atoms with Crippen LogP contribution in [0.2, 0.25) is 0 Å². The summed E-state index contributed by atoms with van der Waals surface area (Å²) in [4.78, 5) is 17.7. The molecule has 0 saturated carbocycles. The summed E-state index contributed by atoms with van der Waals surface area (Å²) >= 11 is 11.3. The van der Waals surface area contributed by atoms with Crippen molar-refractivity contribution in [2.75, 3.05) is 0 Å². The maximum Gasteiger partial charge on any atom is 0.258 e. The largest absolute Gasteiger partial charge is 0.269 e. The van der Waals surface area contributed by atoms with Crippen molar-refractivity contribution < 1.29 is 0 Å². The summed E-state index contributed by atoms with van der Waals surface area (Å²) in [5, 5.41) is 0.449. The molecule has 0 spiro atoms. The van der Waals surface area contributed by atoms with E-state index < -0.39 is 0 Å². The average Bonchev–Trinajstić information content (AvgIpc) is 2.83. The Morgan fingerprint density at radius 1 is 1.38 bits per heavy atom. The molecular formula is C15H10BrClN2OS. The average molecular weight is 382 g/mol. The molecule has 6 heteroatoms. The Kier molecular flexibility index (Phi) is 3.97. The van der Waals surface area contributed by atoms with Crippen LogP contribution in [0.5, 0.6) is 0 Å². The first kappa shape index (κ1) is 14.5. The van der Waals surface area contributed by atoms with Crippen LogP contribution in [0, 0.1) is 6.92 Å². The van der Waals surface area contributed by atoms with Crippen LogP contribution in [0.1, 0.15) is 16.3 Å². The molecule has 0 N–H and O–H groups in total. The van der Waals surface area contributed by atoms with E-state index in [0.717, 1.165) is 14.4 Å². The first-order chi connectivity index (χ1) is 10.0. The number of nitrogens with zero attached hydrogens (tertiary/aromatic N) is 2. The molecule has 0 fully saturated rings. The van der Waals surface area contributed by atoms with Crippen LogP contribution in [0.3, 0.4) is 0 Å². The van der Waals surface area contributed by atoms with Gasteiger partial charge in [-0.25, -0.2) is 4.98 Å². The summed E-state index contributed by atoms with van der Waals surface area (Å²) in [5.74, 6) is 0. The minimum Gasteiger partial charge on any atom is -0.269 e. The smallest absolute Gasteiger partial charge is 0.258 e. The van der Waals surface area contributed by atoms with Crippen molar-refractivity contribution in [1.29, 1.82) is 0 Å². The molecule has 0 bridgehead atoms. The number of thiophene rings is 1. The van der Waals surface area contributed by atoms with Crippen molar-refractivity contribution in [2.24, 2.45) is 0 Å². The highest BCUT2D eigenvalue weighted by Gasteiger charge is 2.07. The van der Waals surface area contributed by atoms with E-state index in [0.29, 0.717) is 16.4 Å². The molecule has 0 saturated heterocycles. The summed E-state index contributed by atoms with van der Waals surface area (Å²) in [5.41, 5.74) is 1.79. The Bertz CT molecular complexity index is 913. The Labute approximate surface area is 138 Å². The third-order valence-electron chi connectivity index (χ3n) is 2.99. The van der Waals surface area contributed by atoms with Gasteiger partial charge in [0.05, 0.1) is 14.5 Å². The highest BCUT2D eigenvalue weighted by Crippen LogP contribution is 2.27. The molecule has 21 heavy (non-hydrogen) atoms. The molecular weight excluding hydrogens is 372 g/mol.